The summed E-state index contributed by atoms with van der Waals surface area (Å²) < 4.78 is 154. The highest BCUT2D eigenvalue weighted by Gasteiger charge is 2.23. The minimum absolute atomic E-state index is 0.0520. The summed E-state index contributed by atoms with van der Waals surface area (Å²) in [4.78, 5) is 16.4. The molecule has 12 aromatic rings. The highest BCUT2D eigenvalue weighted by Crippen LogP contribution is 2.20. The number of fused-ring (bicyclic) bond motifs is 4. The Balaban J connectivity index is 0.000000142. The number of hydrogen-bond donors (Lipinski definition) is 4. The summed E-state index contributed by atoms with van der Waals surface area (Å²) in [5.41, 5.74) is 9.10. The van der Waals surface area contributed by atoms with Crippen LogP contribution in [0.1, 0.15) is 62.5 Å². The average molecular weight is 1310 g/mol. The normalized spacial score (nSPS) is 11.9. The van der Waals surface area contributed by atoms with E-state index in [1.807, 2.05) is 102 Å². The summed E-state index contributed by atoms with van der Waals surface area (Å²) >= 11 is 0. The van der Waals surface area contributed by atoms with Crippen LogP contribution in [0.4, 0.5) is 13.2 Å². The van der Waals surface area contributed by atoms with Gasteiger partial charge in [0.2, 0.25) is 40.1 Å². The maximum Gasteiger partial charge on any atom is 0.244 e. The number of benzene rings is 4. The fourth-order valence-corrected chi connectivity index (χ4v) is 13.0. The third-order valence-corrected chi connectivity index (χ3v) is 19.2. The number of halogens is 3. The molecule has 0 saturated carbocycles. The van der Waals surface area contributed by atoms with Crippen molar-refractivity contribution in [2.45, 2.75) is 94.2 Å². The number of sulfonamides is 4. The highest BCUT2D eigenvalue weighted by molar-refractivity contribution is 7.90. The molecule has 0 radical (unpaired) electrons. The van der Waals surface area contributed by atoms with Gasteiger partial charge in [0, 0.05) is 23.8 Å². The van der Waals surface area contributed by atoms with E-state index in [1.165, 1.54) is 22.7 Å². The van der Waals surface area contributed by atoms with E-state index in [4.69, 9.17) is 0 Å². The topological polar surface area (TPSA) is 305 Å². The maximum absolute atomic E-state index is 13.6. The SMILES string of the molecule is Cc1ccc(S(=O)(=O)NCc2nc3cccc(C)n3n2)cc1C.Cc1ccc(S(=O)(=O)NCc2nc3ccccn3n2)c(C)c1.Cc1ccc2nc(CNS(=O)(=O)c3cc(F)ccc3F)nn2c1.Cc1cccc2nc(CNS(=O)(=O)c3ccccc3F)nn12. The lowest BCUT2D eigenvalue weighted by Gasteiger charge is -2.08. The number of pyridine rings is 4. The largest absolute Gasteiger partial charge is 0.244 e. The first kappa shape index (κ1) is 65.2. The van der Waals surface area contributed by atoms with Crippen LogP contribution < -0.4 is 18.9 Å². The predicted octanol–water partition coefficient (Wildman–Crippen LogP) is 7.41. The standard InChI is InChI=1S/C16H18N4O2S.C15H16N4O2S.C14H12F2N4O2S.C14H13FN4O2S/c1-11-7-8-14(9-12(11)2)23(21,22)17-10-15-18-16-6-4-5-13(3)20(16)19-15;1-11-6-7-13(12(2)9-11)22(20,21)16-10-14-17-15-5-3-4-8-19(15)18-14;1-9-2-5-14-18-13(19-20(14)8-9)7-17-23(21,22)12-6-10(15)3-4-11(12)16;1-10-5-4-8-14-17-13(18-19(10)14)9-16-22(20,21)12-7-3-2-6-11(12)15/h4-9,17H,10H2,1-3H3;3-9,16H,10H2,1-2H3;2-6,8,17H,7H2,1H3;2-8,16H,9H2,1H3. The molecule has 24 nitrogen and oxygen atoms in total. The van der Waals surface area contributed by atoms with Crippen LogP contribution in [0.25, 0.3) is 22.6 Å². The Kier molecular flexibility index (Phi) is 19.8. The second kappa shape index (κ2) is 27.3. The van der Waals surface area contributed by atoms with Crippen LogP contribution in [-0.4, -0.2) is 92.1 Å². The van der Waals surface area contributed by atoms with E-state index < -0.39 is 67.3 Å². The Bertz CT molecular complexity index is 5070. The first-order chi connectivity index (χ1) is 42.6. The summed E-state index contributed by atoms with van der Waals surface area (Å²) in [6.07, 6.45) is 3.51. The second-order valence-corrected chi connectivity index (χ2v) is 27.3. The minimum atomic E-state index is -4.21. The minimum Gasteiger partial charge on any atom is -0.221 e. The molecule has 8 heterocycles. The van der Waals surface area contributed by atoms with Crippen molar-refractivity contribution in [3.05, 3.63) is 238 Å². The molecule has 31 heteroatoms. The monoisotopic (exact) mass is 1300 g/mol. The van der Waals surface area contributed by atoms with Gasteiger partial charge in [0.1, 0.15) is 27.2 Å². The van der Waals surface area contributed by atoms with E-state index in [0.29, 0.717) is 46.1 Å². The molecule has 4 N–H and O–H groups in total. The van der Waals surface area contributed by atoms with Gasteiger partial charge in [0.15, 0.2) is 45.9 Å². The van der Waals surface area contributed by atoms with Crippen molar-refractivity contribution in [3.8, 4) is 0 Å². The Morgan fingerprint density at radius 1 is 0.378 bits per heavy atom. The third-order valence-electron chi connectivity index (χ3n) is 13.4. The Labute approximate surface area is 516 Å². The molecule has 0 unspecified atom stereocenters. The van der Waals surface area contributed by atoms with Gasteiger partial charge in [-0.05, 0) is 162 Å². The number of aromatic nitrogens is 12. The van der Waals surface area contributed by atoms with E-state index in [9.17, 15) is 46.8 Å². The molecular formula is C59H59F3N16O8S4. The van der Waals surface area contributed by atoms with Gasteiger partial charge in [-0.15, -0.1) is 20.4 Å². The molecule has 90 heavy (non-hydrogen) atoms. The molecule has 0 spiro atoms. The van der Waals surface area contributed by atoms with E-state index >= 15 is 0 Å². The first-order valence-electron chi connectivity index (χ1n) is 27.2. The van der Waals surface area contributed by atoms with Crippen LogP contribution in [0, 0.1) is 65.9 Å². The van der Waals surface area contributed by atoms with Gasteiger partial charge < -0.3 is 0 Å². The molecule has 0 bridgehead atoms. The fourth-order valence-electron chi connectivity index (χ4n) is 8.65. The average Bonchev–Trinajstić information content (AvgIpc) is 1.71. The maximum atomic E-state index is 13.6. The second-order valence-electron chi connectivity index (χ2n) is 20.3. The number of hydrogen-bond acceptors (Lipinski definition) is 16. The number of aryl methyl sites for hydroxylation is 7. The third kappa shape index (κ3) is 16.0. The fraction of sp³-hybridized carbons (Fsp3) is 0.186. The van der Waals surface area contributed by atoms with Crippen LogP contribution in [0.3, 0.4) is 0 Å². The van der Waals surface area contributed by atoms with Crippen molar-refractivity contribution >= 4 is 62.7 Å². The zero-order valence-electron chi connectivity index (χ0n) is 49.2. The van der Waals surface area contributed by atoms with Gasteiger partial charge in [-0.2, -0.15) is 0 Å². The number of nitrogens with one attached hydrogen (secondary N) is 4. The molecule has 0 aliphatic heterocycles. The van der Waals surface area contributed by atoms with Crippen molar-refractivity contribution in [1.29, 1.82) is 0 Å². The molecular weight excluding hydrogens is 1250 g/mol. The lowest BCUT2D eigenvalue weighted by molar-refractivity contribution is 0.544. The number of nitrogens with zero attached hydrogens (tertiary/aromatic N) is 12. The van der Waals surface area contributed by atoms with E-state index in [-0.39, 0.29) is 41.8 Å². The molecule has 0 aliphatic rings. The summed E-state index contributed by atoms with van der Waals surface area (Å²) in [6, 6.07) is 38.0. The highest BCUT2D eigenvalue weighted by atomic mass is 32.2. The van der Waals surface area contributed by atoms with Gasteiger partial charge in [0.25, 0.3) is 0 Å². The molecule has 468 valence electrons. The summed E-state index contributed by atoms with van der Waals surface area (Å²) in [5, 5.41) is 16.9. The lowest BCUT2D eigenvalue weighted by Crippen LogP contribution is -2.25. The number of rotatable bonds is 16. The quantitative estimate of drug-likeness (QED) is 0.0732. The van der Waals surface area contributed by atoms with Crippen LogP contribution in [0.2, 0.25) is 0 Å². The van der Waals surface area contributed by atoms with Gasteiger partial charge >= 0.3 is 0 Å². The summed E-state index contributed by atoms with van der Waals surface area (Å²) in [5.74, 6) is -1.27. The molecule has 12 rings (SSSR count). The van der Waals surface area contributed by atoms with Crippen molar-refractivity contribution in [1.82, 2.24) is 77.3 Å². The van der Waals surface area contributed by atoms with Gasteiger partial charge in [-0.25, -0.2) is 104 Å². The smallest absolute Gasteiger partial charge is 0.221 e. The van der Waals surface area contributed by atoms with Crippen molar-refractivity contribution in [2.24, 2.45) is 0 Å². The zero-order valence-corrected chi connectivity index (χ0v) is 52.5. The predicted molar refractivity (Wildman–Crippen MR) is 327 cm³/mol. The molecule has 0 saturated heterocycles. The summed E-state index contributed by atoms with van der Waals surface area (Å²) in [7, 11) is -15.3. The lowest BCUT2D eigenvalue weighted by atomic mass is 10.1. The molecule has 0 fully saturated rings. The summed E-state index contributed by atoms with van der Waals surface area (Å²) in [6.45, 7) is 13.0. The van der Waals surface area contributed by atoms with E-state index in [1.54, 1.807) is 75.3 Å². The Morgan fingerprint density at radius 3 is 1.43 bits per heavy atom. The molecule has 4 aromatic carbocycles. The first-order valence-corrected chi connectivity index (χ1v) is 33.2. The van der Waals surface area contributed by atoms with Crippen LogP contribution >= 0.6 is 0 Å². The van der Waals surface area contributed by atoms with Gasteiger partial charge in [0.05, 0.1) is 36.0 Å². The molecule has 0 atom stereocenters. The Morgan fingerprint density at radius 2 is 0.867 bits per heavy atom. The van der Waals surface area contributed by atoms with Crippen LogP contribution in [0.5, 0.6) is 0 Å². The molecule has 0 aliphatic carbocycles. The molecule has 8 aromatic heterocycles. The van der Waals surface area contributed by atoms with Crippen molar-refractivity contribution in [2.75, 3.05) is 0 Å². The van der Waals surface area contributed by atoms with Gasteiger partial charge in [-0.1, -0.05) is 60.2 Å². The van der Waals surface area contributed by atoms with Crippen molar-refractivity contribution < 1.29 is 46.8 Å². The van der Waals surface area contributed by atoms with E-state index in [0.717, 1.165) is 57.4 Å². The Hall–Kier alpha value is -9.21. The van der Waals surface area contributed by atoms with E-state index in [2.05, 4.69) is 59.2 Å². The van der Waals surface area contributed by atoms with Crippen LogP contribution in [-0.2, 0) is 66.3 Å². The van der Waals surface area contributed by atoms with Crippen molar-refractivity contribution in [3.63, 3.8) is 0 Å². The zero-order chi connectivity index (χ0) is 64.7. The molecule has 0 amide bonds. The van der Waals surface area contributed by atoms with Crippen LogP contribution in [0.15, 0.2) is 178 Å². The van der Waals surface area contributed by atoms with Gasteiger partial charge in [-0.3, -0.25) is 0 Å².